The van der Waals surface area contributed by atoms with E-state index in [4.69, 9.17) is 0 Å². The molecule has 4 nitrogen and oxygen atoms in total. The lowest BCUT2D eigenvalue weighted by molar-refractivity contribution is -0.274. The van der Waals surface area contributed by atoms with E-state index in [1.54, 1.807) is 6.07 Å². The topological polar surface area (TPSA) is 44.7 Å². The molecule has 3 rings (SSSR count). The summed E-state index contributed by atoms with van der Waals surface area (Å²) in [4.78, 5) is 2.33. The fraction of sp³-hybridized carbons (Fsp3) is 0.714. The Morgan fingerprint density at radius 2 is 1.90 bits per heavy atom. The first kappa shape index (κ1) is 27.3. The van der Waals surface area contributed by atoms with Gasteiger partial charge in [-0.3, -0.25) is 0 Å². The highest BCUT2D eigenvalue weighted by Gasteiger charge is 2.40. The van der Waals surface area contributed by atoms with Crippen LogP contribution in [0.15, 0.2) is 24.3 Å². The van der Waals surface area contributed by atoms with Gasteiger partial charge in [-0.1, -0.05) is 31.4 Å². The van der Waals surface area contributed by atoms with Crippen molar-refractivity contribution in [3.8, 4) is 5.75 Å². The number of hydrogen-bond donors (Lipinski definition) is 2. The standard InChI is InChI=1S/C21H31F3N2O2.2ClH/c1-25-17-8-6-12-26(14-17)15-19(20(27)10-3-2-4-11-20)16-7-5-9-18(13-16)28-21(22,23)24;;/h5,7,9,13,17,19,25,27H,2-4,6,8,10-12,14-15H2,1H3;2*1H/t17-,19?;;/m1../s1. The van der Waals surface area contributed by atoms with E-state index >= 15 is 0 Å². The van der Waals surface area contributed by atoms with Crippen molar-refractivity contribution < 1.29 is 23.0 Å². The molecule has 2 atom stereocenters. The van der Waals surface area contributed by atoms with Crippen molar-refractivity contribution in [1.82, 2.24) is 10.2 Å². The van der Waals surface area contributed by atoms with E-state index < -0.39 is 12.0 Å². The molecular formula is C21H33Cl2F3N2O2. The van der Waals surface area contributed by atoms with Crippen LogP contribution in [0.1, 0.15) is 56.4 Å². The molecule has 1 aliphatic heterocycles. The van der Waals surface area contributed by atoms with Gasteiger partial charge < -0.3 is 20.1 Å². The summed E-state index contributed by atoms with van der Waals surface area (Å²) in [5.74, 6) is -0.457. The molecule has 1 aromatic carbocycles. The Morgan fingerprint density at radius 1 is 1.20 bits per heavy atom. The third-order valence-corrected chi connectivity index (χ3v) is 6.22. The molecule has 1 aliphatic carbocycles. The van der Waals surface area contributed by atoms with Crippen molar-refractivity contribution >= 4 is 24.8 Å². The van der Waals surface area contributed by atoms with Gasteiger partial charge in [0.15, 0.2) is 0 Å². The van der Waals surface area contributed by atoms with Gasteiger partial charge in [-0.15, -0.1) is 38.0 Å². The molecule has 1 aromatic rings. The zero-order valence-corrected chi connectivity index (χ0v) is 18.9. The maximum absolute atomic E-state index is 12.7. The zero-order chi connectivity index (χ0) is 20.2. The Morgan fingerprint density at radius 3 is 2.53 bits per heavy atom. The number of alkyl halides is 3. The number of hydrogen-bond acceptors (Lipinski definition) is 4. The largest absolute Gasteiger partial charge is 0.573 e. The molecule has 1 saturated heterocycles. The van der Waals surface area contributed by atoms with Gasteiger partial charge >= 0.3 is 6.36 Å². The smallest absolute Gasteiger partial charge is 0.406 e. The Balaban J connectivity index is 0.00000225. The lowest BCUT2D eigenvalue weighted by Crippen LogP contribution is -2.49. The molecule has 1 heterocycles. The van der Waals surface area contributed by atoms with Crippen molar-refractivity contribution in [2.75, 3.05) is 26.7 Å². The number of nitrogens with one attached hydrogen (secondary N) is 1. The molecule has 2 aliphatic rings. The number of ether oxygens (including phenoxy) is 1. The molecule has 0 spiro atoms. The van der Waals surface area contributed by atoms with Crippen LogP contribution in [0.2, 0.25) is 0 Å². The highest BCUT2D eigenvalue weighted by molar-refractivity contribution is 5.85. The second kappa shape index (κ2) is 11.8. The Bertz CT molecular complexity index is 643. The third-order valence-electron chi connectivity index (χ3n) is 6.22. The van der Waals surface area contributed by atoms with E-state index in [9.17, 15) is 18.3 Å². The molecule has 0 bridgehead atoms. The minimum Gasteiger partial charge on any atom is -0.406 e. The van der Waals surface area contributed by atoms with Crippen LogP contribution in [0, 0.1) is 0 Å². The molecule has 0 amide bonds. The van der Waals surface area contributed by atoms with Gasteiger partial charge in [0.1, 0.15) is 5.75 Å². The number of likely N-dealkylation sites (tertiary alicyclic amines) is 1. The second-order valence-corrected chi connectivity index (χ2v) is 8.22. The SMILES string of the molecule is CN[C@@H]1CCCN(CC(c2cccc(OC(F)(F)F)c2)C2(O)CCCCC2)C1.Cl.Cl. The summed E-state index contributed by atoms with van der Waals surface area (Å²) >= 11 is 0. The van der Waals surface area contributed by atoms with Crippen LogP contribution in [-0.4, -0.2) is 54.7 Å². The number of benzene rings is 1. The van der Waals surface area contributed by atoms with Crippen molar-refractivity contribution in [3.05, 3.63) is 29.8 Å². The van der Waals surface area contributed by atoms with E-state index in [1.807, 2.05) is 13.1 Å². The Kier molecular flexibility index (Phi) is 10.7. The van der Waals surface area contributed by atoms with Crippen LogP contribution in [-0.2, 0) is 0 Å². The van der Waals surface area contributed by atoms with Crippen LogP contribution in [0.5, 0.6) is 5.75 Å². The molecule has 9 heteroatoms. The number of nitrogens with zero attached hydrogens (tertiary/aromatic N) is 1. The fourth-order valence-corrected chi connectivity index (χ4v) is 4.74. The van der Waals surface area contributed by atoms with E-state index in [-0.39, 0.29) is 36.5 Å². The maximum Gasteiger partial charge on any atom is 0.573 e. The highest BCUT2D eigenvalue weighted by Crippen LogP contribution is 2.41. The minimum atomic E-state index is -4.72. The first-order valence-electron chi connectivity index (χ1n) is 10.3. The summed E-state index contributed by atoms with van der Waals surface area (Å²) in [6, 6.07) is 6.58. The molecule has 2 N–H and O–H groups in total. The Labute approximate surface area is 189 Å². The van der Waals surface area contributed by atoms with Crippen molar-refractivity contribution in [1.29, 1.82) is 0 Å². The van der Waals surface area contributed by atoms with Crippen LogP contribution < -0.4 is 10.1 Å². The number of rotatable bonds is 6. The van der Waals surface area contributed by atoms with Crippen molar-refractivity contribution in [2.45, 2.75) is 68.9 Å². The lowest BCUT2D eigenvalue weighted by atomic mass is 9.72. The molecule has 30 heavy (non-hydrogen) atoms. The van der Waals surface area contributed by atoms with Gasteiger partial charge in [0.2, 0.25) is 0 Å². The summed E-state index contributed by atoms with van der Waals surface area (Å²) in [5, 5.41) is 14.8. The summed E-state index contributed by atoms with van der Waals surface area (Å²) in [6.07, 6.45) is 1.84. The Hall–Kier alpha value is -0.730. The molecule has 174 valence electrons. The normalized spacial score (nSPS) is 23.0. The van der Waals surface area contributed by atoms with E-state index in [2.05, 4.69) is 15.0 Å². The van der Waals surface area contributed by atoms with Crippen LogP contribution >= 0.6 is 24.8 Å². The highest BCUT2D eigenvalue weighted by atomic mass is 35.5. The maximum atomic E-state index is 12.7. The van der Waals surface area contributed by atoms with Gasteiger partial charge in [0.05, 0.1) is 5.60 Å². The van der Waals surface area contributed by atoms with Gasteiger partial charge in [-0.05, 0) is 57.0 Å². The lowest BCUT2D eigenvalue weighted by Gasteiger charge is -2.43. The van der Waals surface area contributed by atoms with Gasteiger partial charge in [-0.25, -0.2) is 0 Å². The predicted molar refractivity (Wildman–Crippen MR) is 117 cm³/mol. The monoisotopic (exact) mass is 472 g/mol. The van der Waals surface area contributed by atoms with Crippen LogP contribution in [0.4, 0.5) is 13.2 Å². The average molecular weight is 473 g/mol. The second-order valence-electron chi connectivity index (χ2n) is 8.22. The third kappa shape index (κ3) is 7.45. The van der Waals surface area contributed by atoms with Gasteiger partial charge in [0.25, 0.3) is 0 Å². The van der Waals surface area contributed by atoms with Crippen molar-refractivity contribution in [2.24, 2.45) is 0 Å². The summed E-state index contributed by atoms with van der Waals surface area (Å²) < 4.78 is 42.1. The average Bonchev–Trinajstić information content (AvgIpc) is 2.65. The number of likely N-dealkylation sites (N-methyl/N-ethyl adjacent to an activating group) is 1. The quantitative estimate of drug-likeness (QED) is 0.618. The summed E-state index contributed by atoms with van der Waals surface area (Å²) in [6.45, 7) is 2.48. The molecular weight excluding hydrogens is 440 g/mol. The predicted octanol–water partition coefficient (Wildman–Crippen LogP) is 4.89. The van der Waals surface area contributed by atoms with E-state index in [0.29, 0.717) is 25.4 Å². The molecule has 0 radical (unpaired) electrons. The van der Waals surface area contributed by atoms with Crippen LogP contribution in [0.3, 0.4) is 0 Å². The number of piperidine rings is 1. The van der Waals surface area contributed by atoms with E-state index in [1.165, 1.54) is 12.1 Å². The first-order chi connectivity index (χ1) is 13.3. The molecule has 1 unspecified atom stereocenters. The molecule has 0 aromatic heterocycles. The zero-order valence-electron chi connectivity index (χ0n) is 17.3. The van der Waals surface area contributed by atoms with Gasteiger partial charge in [-0.2, -0.15) is 0 Å². The molecule has 2 fully saturated rings. The first-order valence-corrected chi connectivity index (χ1v) is 10.3. The number of aliphatic hydroxyl groups is 1. The van der Waals surface area contributed by atoms with E-state index in [0.717, 1.165) is 50.8 Å². The molecule has 1 saturated carbocycles. The van der Waals surface area contributed by atoms with Crippen molar-refractivity contribution in [3.63, 3.8) is 0 Å². The summed E-state index contributed by atoms with van der Waals surface area (Å²) in [7, 11) is 1.96. The van der Waals surface area contributed by atoms with Crippen LogP contribution in [0.25, 0.3) is 0 Å². The minimum absolute atomic E-state index is 0. The fourth-order valence-electron chi connectivity index (χ4n) is 4.74. The van der Waals surface area contributed by atoms with Gasteiger partial charge in [0, 0.05) is 25.0 Å². The summed E-state index contributed by atoms with van der Waals surface area (Å²) in [5.41, 5.74) is -0.167. The number of halogens is 5.